The van der Waals surface area contributed by atoms with Crippen molar-refractivity contribution >= 4 is 11.9 Å². The summed E-state index contributed by atoms with van der Waals surface area (Å²) in [6.07, 6.45) is 3.51. The van der Waals surface area contributed by atoms with Crippen LogP contribution >= 0.6 is 0 Å². The van der Waals surface area contributed by atoms with Crippen molar-refractivity contribution in [1.82, 2.24) is 0 Å². The van der Waals surface area contributed by atoms with Gasteiger partial charge in [-0.3, -0.25) is 9.59 Å². The molecular formula is C20H38O4. The van der Waals surface area contributed by atoms with Gasteiger partial charge in [-0.2, -0.15) is 0 Å². The van der Waals surface area contributed by atoms with Gasteiger partial charge in [-0.15, -0.1) is 0 Å². The third-order valence-electron chi connectivity index (χ3n) is 4.41. The van der Waals surface area contributed by atoms with Crippen LogP contribution in [-0.4, -0.2) is 24.6 Å². The standard InChI is InChI=1S/C20H38O4/c1-9-11-12-16(10-2)19(22)23-13-20(7,8)17(14(3)4)24-18(21)15(5)6/h14-17H,9-13H2,1-8H3. The molecule has 2 atom stereocenters. The molecule has 0 aliphatic rings. The maximum atomic E-state index is 12.3. The fourth-order valence-corrected chi connectivity index (χ4v) is 2.86. The van der Waals surface area contributed by atoms with Gasteiger partial charge in [-0.05, 0) is 18.8 Å². The highest BCUT2D eigenvalue weighted by Gasteiger charge is 2.37. The van der Waals surface area contributed by atoms with Gasteiger partial charge >= 0.3 is 11.9 Å². The van der Waals surface area contributed by atoms with Crippen LogP contribution in [0.3, 0.4) is 0 Å². The average Bonchev–Trinajstić information content (AvgIpc) is 2.50. The van der Waals surface area contributed by atoms with E-state index in [-0.39, 0.29) is 42.4 Å². The maximum Gasteiger partial charge on any atom is 0.308 e. The van der Waals surface area contributed by atoms with Crippen molar-refractivity contribution in [3.05, 3.63) is 0 Å². The molecule has 0 amide bonds. The van der Waals surface area contributed by atoms with E-state index in [1.807, 2.05) is 48.5 Å². The van der Waals surface area contributed by atoms with Gasteiger partial charge in [0.05, 0.1) is 18.4 Å². The van der Waals surface area contributed by atoms with Crippen LogP contribution in [0.2, 0.25) is 0 Å². The Bertz CT molecular complexity index is 385. The lowest BCUT2D eigenvalue weighted by Crippen LogP contribution is -2.42. The zero-order valence-electron chi connectivity index (χ0n) is 17.0. The first-order chi connectivity index (χ1) is 11.1. The molecule has 0 aromatic heterocycles. The number of hydrogen-bond acceptors (Lipinski definition) is 4. The lowest BCUT2D eigenvalue weighted by molar-refractivity contribution is -0.170. The fraction of sp³-hybridized carbons (Fsp3) is 0.900. The van der Waals surface area contributed by atoms with E-state index in [0.29, 0.717) is 0 Å². The van der Waals surface area contributed by atoms with Crippen LogP contribution in [0.1, 0.15) is 81.1 Å². The molecule has 2 unspecified atom stereocenters. The van der Waals surface area contributed by atoms with E-state index < -0.39 is 5.41 Å². The Labute approximate surface area is 148 Å². The quantitative estimate of drug-likeness (QED) is 0.496. The Balaban J connectivity index is 4.82. The molecule has 0 aliphatic carbocycles. The highest BCUT2D eigenvalue weighted by molar-refractivity contribution is 5.72. The van der Waals surface area contributed by atoms with Crippen molar-refractivity contribution in [2.75, 3.05) is 6.61 Å². The lowest BCUT2D eigenvalue weighted by Gasteiger charge is -2.36. The number of rotatable bonds is 11. The van der Waals surface area contributed by atoms with Gasteiger partial charge in [-0.25, -0.2) is 0 Å². The van der Waals surface area contributed by atoms with Gasteiger partial charge in [0.25, 0.3) is 0 Å². The van der Waals surface area contributed by atoms with Gasteiger partial charge in [0.1, 0.15) is 6.10 Å². The highest BCUT2D eigenvalue weighted by Crippen LogP contribution is 2.31. The topological polar surface area (TPSA) is 52.6 Å². The van der Waals surface area contributed by atoms with Gasteiger partial charge in [-0.1, -0.05) is 68.2 Å². The predicted octanol–water partition coefficient (Wildman–Crippen LogP) is 5.00. The summed E-state index contributed by atoms with van der Waals surface area (Å²) in [6, 6.07) is 0. The lowest BCUT2D eigenvalue weighted by atomic mass is 9.81. The zero-order chi connectivity index (χ0) is 18.9. The largest absolute Gasteiger partial charge is 0.465 e. The summed E-state index contributed by atoms with van der Waals surface area (Å²) in [5.74, 6) is -0.373. The third kappa shape index (κ3) is 7.67. The van der Waals surface area contributed by atoms with Crippen molar-refractivity contribution in [3.63, 3.8) is 0 Å². The van der Waals surface area contributed by atoms with Crippen LogP contribution in [0.5, 0.6) is 0 Å². The first-order valence-corrected chi connectivity index (χ1v) is 9.43. The second kappa shape index (κ2) is 10.7. The molecule has 24 heavy (non-hydrogen) atoms. The predicted molar refractivity (Wildman–Crippen MR) is 97.6 cm³/mol. The van der Waals surface area contributed by atoms with E-state index in [0.717, 1.165) is 25.7 Å². The number of esters is 2. The molecule has 0 aromatic carbocycles. The van der Waals surface area contributed by atoms with Crippen LogP contribution in [-0.2, 0) is 19.1 Å². The molecule has 0 N–H and O–H groups in total. The Morgan fingerprint density at radius 1 is 1.00 bits per heavy atom. The van der Waals surface area contributed by atoms with E-state index in [1.54, 1.807) is 0 Å². The molecule has 0 fully saturated rings. The Morgan fingerprint density at radius 3 is 2.00 bits per heavy atom. The smallest absolute Gasteiger partial charge is 0.308 e. The number of hydrogen-bond donors (Lipinski definition) is 0. The minimum Gasteiger partial charge on any atom is -0.465 e. The van der Waals surface area contributed by atoms with E-state index in [2.05, 4.69) is 6.92 Å². The summed E-state index contributed by atoms with van der Waals surface area (Å²) < 4.78 is 11.3. The number of carbonyl (C=O) groups is 2. The molecule has 0 bridgehead atoms. The van der Waals surface area contributed by atoms with Crippen LogP contribution in [0.25, 0.3) is 0 Å². The second-order valence-corrected chi connectivity index (χ2v) is 8.10. The number of carbonyl (C=O) groups excluding carboxylic acids is 2. The Kier molecular flexibility index (Phi) is 10.3. The first-order valence-electron chi connectivity index (χ1n) is 9.43. The van der Waals surface area contributed by atoms with Crippen molar-refractivity contribution in [3.8, 4) is 0 Å². The summed E-state index contributed by atoms with van der Waals surface area (Å²) >= 11 is 0. The van der Waals surface area contributed by atoms with Crippen molar-refractivity contribution in [2.45, 2.75) is 87.2 Å². The zero-order valence-corrected chi connectivity index (χ0v) is 17.0. The molecule has 0 aliphatic heterocycles. The van der Waals surface area contributed by atoms with Crippen LogP contribution < -0.4 is 0 Å². The normalized spacial score (nSPS) is 14.6. The van der Waals surface area contributed by atoms with E-state index in [4.69, 9.17) is 9.47 Å². The molecule has 0 aromatic rings. The minimum atomic E-state index is -0.419. The molecule has 4 nitrogen and oxygen atoms in total. The van der Waals surface area contributed by atoms with Crippen LogP contribution in [0, 0.1) is 23.2 Å². The van der Waals surface area contributed by atoms with Gasteiger partial charge in [0, 0.05) is 5.41 Å². The third-order valence-corrected chi connectivity index (χ3v) is 4.41. The number of ether oxygens (including phenoxy) is 2. The minimum absolute atomic E-state index is 0.0311. The van der Waals surface area contributed by atoms with Crippen molar-refractivity contribution < 1.29 is 19.1 Å². The van der Waals surface area contributed by atoms with Crippen LogP contribution in [0.15, 0.2) is 0 Å². The average molecular weight is 343 g/mol. The van der Waals surface area contributed by atoms with Gasteiger partial charge in [0.15, 0.2) is 0 Å². The monoisotopic (exact) mass is 342 g/mol. The molecule has 0 saturated heterocycles. The molecule has 0 rings (SSSR count). The van der Waals surface area contributed by atoms with E-state index in [9.17, 15) is 9.59 Å². The molecule has 0 spiro atoms. The second-order valence-electron chi connectivity index (χ2n) is 8.10. The first kappa shape index (κ1) is 22.9. The molecule has 0 radical (unpaired) electrons. The van der Waals surface area contributed by atoms with E-state index in [1.165, 1.54) is 0 Å². The fourth-order valence-electron chi connectivity index (χ4n) is 2.86. The summed E-state index contributed by atoms with van der Waals surface area (Å²) in [6.45, 7) is 16.1. The molecular weight excluding hydrogens is 304 g/mol. The summed E-state index contributed by atoms with van der Waals surface area (Å²) in [4.78, 5) is 24.3. The Hall–Kier alpha value is -1.06. The van der Waals surface area contributed by atoms with Gasteiger partial charge < -0.3 is 9.47 Å². The molecule has 0 heterocycles. The van der Waals surface area contributed by atoms with Gasteiger partial charge in [0.2, 0.25) is 0 Å². The molecule has 4 heteroatoms. The summed E-state index contributed by atoms with van der Waals surface area (Å²) in [5.41, 5.74) is -0.419. The SMILES string of the molecule is CCCCC(CC)C(=O)OCC(C)(C)C(OC(=O)C(C)C)C(C)C. The molecule has 142 valence electrons. The van der Waals surface area contributed by atoms with Crippen molar-refractivity contribution in [2.24, 2.45) is 23.2 Å². The highest BCUT2D eigenvalue weighted by atomic mass is 16.6. The maximum absolute atomic E-state index is 12.3. The summed E-state index contributed by atoms with van der Waals surface area (Å²) in [7, 11) is 0. The Morgan fingerprint density at radius 2 is 1.58 bits per heavy atom. The van der Waals surface area contributed by atoms with Crippen molar-refractivity contribution in [1.29, 1.82) is 0 Å². The van der Waals surface area contributed by atoms with Crippen LogP contribution in [0.4, 0.5) is 0 Å². The van der Waals surface area contributed by atoms with E-state index >= 15 is 0 Å². The molecule has 0 saturated carbocycles. The number of unbranched alkanes of at least 4 members (excludes halogenated alkanes) is 1. The summed E-state index contributed by atoms with van der Waals surface area (Å²) in [5, 5.41) is 0.